The van der Waals surface area contributed by atoms with Crippen molar-refractivity contribution in [1.82, 2.24) is 9.78 Å². The quantitative estimate of drug-likeness (QED) is 0.822. The zero-order chi connectivity index (χ0) is 15.4. The van der Waals surface area contributed by atoms with Crippen LogP contribution in [0.3, 0.4) is 0 Å². The average Bonchev–Trinajstić information content (AvgIpc) is 2.79. The fourth-order valence-corrected chi connectivity index (χ4v) is 1.75. The molecule has 0 aliphatic heterocycles. The lowest BCUT2D eigenvalue weighted by Gasteiger charge is -2.06. The molecule has 0 unspecified atom stereocenters. The van der Waals surface area contributed by atoms with Gasteiger partial charge in [-0.05, 0) is 25.1 Å². The maximum absolute atomic E-state index is 13.5. The molecule has 0 fully saturated rings. The van der Waals surface area contributed by atoms with Crippen molar-refractivity contribution in [3.63, 3.8) is 0 Å². The van der Waals surface area contributed by atoms with Crippen molar-refractivity contribution in [2.45, 2.75) is 6.92 Å². The van der Waals surface area contributed by atoms with Gasteiger partial charge < -0.3 is 10.4 Å². The van der Waals surface area contributed by atoms with E-state index in [0.29, 0.717) is 11.3 Å². The number of halogens is 1. The highest BCUT2D eigenvalue weighted by molar-refractivity contribution is 6.04. The van der Waals surface area contributed by atoms with Crippen LogP contribution < -0.4 is 5.32 Å². The second-order valence-electron chi connectivity index (χ2n) is 4.38. The van der Waals surface area contributed by atoms with Gasteiger partial charge in [-0.15, -0.1) is 0 Å². The average molecular weight is 287 g/mol. The molecule has 1 amide bonds. The molecule has 0 spiro atoms. The van der Waals surface area contributed by atoms with Crippen LogP contribution in [0.4, 0.5) is 10.1 Å². The predicted molar refractivity (Wildman–Crippen MR) is 76.3 cm³/mol. The van der Waals surface area contributed by atoms with E-state index in [2.05, 4.69) is 22.3 Å². The van der Waals surface area contributed by atoms with Gasteiger partial charge in [0.15, 0.2) is 0 Å². The monoisotopic (exact) mass is 287 g/mol. The Balaban J connectivity index is 2.24. The Hall–Kier alpha value is -2.65. The molecule has 0 bridgehead atoms. The van der Waals surface area contributed by atoms with E-state index in [1.807, 2.05) is 0 Å². The summed E-state index contributed by atoms with van der Waals surface area (Å²) in [7, 11) is 1.74. The third-order valence-corrected chi connectivity index (χ3v) is 3.01. The molecule has 0 saturated heterocycles. The fourth-order valence-electron chi connectivity index (χ4n) is 1.75. The second-order valence-corrected chi connectivity index (χ2v) is 4.38. The molecule has 2 N–H and O–H groups in total. The first kappa shape index (κ1) is 14.8. The second kappa shape index (κ2) is 6.20. The highest BCUT2D eigenvalue weighted by Gasteiger charge is 2.13. The molecule has 0 radical (unpaired) electrons. The third-order valence-electron chi connectivity index (χ3n) is 3.01. The smallest absolute Gasteiger partial charge is 0.259 e. The zero-order valence-electron chi connectivity index (χ0n) is 11.6. The Kier molecular flexibility index (Phi) is 4.36. The summed E-state index contributed by atoms with van der Waals surface area (Å²) in [5, 5.41) is 15.3. The van der Waals surface area contributed by atoms with Crippen molar-refractivity contribution in [2.24, 2.45) is 7.05 Å². The molecule has 108 valence electrons. The standard InChI is InChI=1S/C15H14FN3O2/c1-10-13(9-17-19(10)2)15(21)18-12-5-6-14(16)11(8-12)4-3-7-20/h5-6,8-9,20H,7H2,1-2H3,(H,18,21). The molecule has 5 nitrogen and oxygen atoms in total. The van der Waals surface area contributed by atoms with Crippen LogP contribution in [-0.2, 0) is 7.05 Å². The van der Waals surface area contributed by atoms with Crippen LogP contribution in [0.1, 0.15) is 21.6 Å². The van der Waals surface area contributed by atoms with Crippen LogP contribution in [0.25, 0.3) is 0 Å². The normalized spacial score (nSPS) is 9.90. The van der Waals surface area contributed by atoms with Gasteiger partial charge in [0, 0.05) is 18.4 Å². The maximum atomic E-state index is 13.5. The molecule has 1 aromatic heterocycles. The Labute approximate surface area is 121 Å². The first-order chi connectivity index (χ1) is 10.0. The highest BCUT2D eigenvalue weighted by Crippen LogP contribution is 2.16. The van der Waals surface area contributed by atoms with Gasteiger partial charge in [-0.2, -0.15) is 5.10 Å². The van der Waals surface area contributed by atoms with E-state index < -0.39 is 5.82 Å². The maximum Gasteiger partial charge on any atom is 0.259 e. The Bertz CT molecular complexity index is 741. The number of aryl methyl sites for hydroxylation is 1. The number of anilines is 1. The van der Waals surface area contributed by atoms with Gasteiger partial charge in [0.05, 0.1) is 17.3 Å². The number of nitrogens with one attached hydrogen (secondary N) is 1. The number of aromatic nitrogens is 2. The SMILES string of the molecule is Cc1c(C(=O)Nc2ccc(F)c(C#CCO)c2)cnn1C. The van der Waals surface area contributed by atoms with Crippen molar-refractivity contribution < 1.29 is 14.3 Å². The number of hydrogen-bond donors (Lipinski definition) is 2. The minimum Gasteiger partial charge on any atom is -0.384 e. The lowest BCUT2D eigenvalue weighted by Crippen LogP contribution is -2.13. The molecule has 2 rings (SSSR count). The van der Waals surface area contributed by atoms with Gasteiger partial charge in [-0.25, -0.2) is 4.39 Å². The number of amides is 1. The summed E-state index contributed by atoms with van der Waals surface area (Å²) < 4.78 is 15.1. The van der Waals surface area contributed by atoms with Crippen molar-refractivity contribution in [2.75, 3.05) is 11.9 Å². The molecular formula is C15H14FN3O2. The van der Waals surface area contributed by atoms with Gasteiger partial charge in [0.2, 0.25) is 0 Å². The molecule has 0 saturated carbocycles. The van der Waals surface area contributed by atoms with Crippen LogP contribution in [0.2, 0.25) is 0 Å². The molecule has 0 aliphatic rings. The first-order valence-corrected chi connectivity index (χ1v) is 6.22. The van der Waals surface area contributed by atoms with Crippen LogP contribution in [0.15, 0.2) is 24.4 Å². The van der Waals surface area contributed by atoms with Gasteiger partial charge in [0.25, 0.3) is 5.91 Å². The molecule has 0 atom stereocenters. The summed E-state index contributed by atoms with van der Waals surface area (Å²) in [6.07, 6.45) is 1.47. The number of rotatable bonds is 2. The van der Waals surface area contributed by atoms with E-state index in [1.54, 1.807) is 18.7 Å². The Morgan fingerprint density at radius 3 is 2.90 bits per heavy atom. The van der Waals surface area contributed by atoms with Crippen molar-refractivity contribution in [3.8, 4) is 11.8 Å². The minimum atomic E-state index is -0.508. The fraction of sp³-hybridized carbons (Fsp3) is 0.200. The number of aliphatic hydroxyl groups excluding tert-OH is 1. The van der Waals surface area contributed by atoms with Gasteiger partial charge in [-0.1, -0.05) is 11.8 Å². The van der Waals surface area contributed by atoms with E-state index >= 15 is 0 Å². The van der Waals surface area contributed by atoms with E-state index in [1.165, 1.54) is 24.4 Å². The van der Waals surface area contributed by atoms with E-state index in [-0.39, 0.29) is 18.1 Å². The van der Waals surface area contributed by atoms with E-state index in [9.17, 15) is 9.18 Å². The van der Waals surface area contributed by atoms with Crippen molar-refractivity contribution in [1.29, 1.82) is 0 Å². The Morgan fingerprint density at radius 1 is 1.52 bits per heavy atom. The number of aliphatic hydroxyl groups is 1. The molecule has 1 heterocycles. The van der Waals surface area contributed by atoms with E-state index in [4.69, 9.17) is 5.11 Å². The lowest BCUT2D eigenvalue weighted by molar-refractivity contribution is 0.102. The van der Waals surface area contributed by atoms with Crippen LogP contribution >= 0.6 is 0 Å². The van der Waals surface area contributed by atoms with Gasteiger partial charge >= 0.3 is 0 Å². The number of carbonyl (C=O) groups excluding carboxylic acids is 1. The first-order valence-electron chi connectivity index (χ1n) is 6.22. The largest absolute Gasteiger partial charge is 0.384 e. The molecular weight excluding hydrogens is 273 g/mol. The van der Waals surface area contributed by atoms with Crippen LogP contribution in [0.5, 0.6) is 0 Å². The Morgan fingerprint density at radius 2 is 2.29 bits per heavy atom. The molecule has 0 aliphatic carbocycles. The molecule has 1 aromatic carbocycles. The number of nitrogens with zero attached hydrogens (tertiary/aromatic N) is 2. The lowest BCUT2D eigenvalue weighted by atomic mass is 10.1. The van der Waals surface area contributed by atoms with Crippen LogP contribution in [0, 0.1) is 24.6 Å². The number of benzene rings is 1. The zero-order valence-corrected chi connectivity index (χ0v) is 11.6. The minimum absolute atomic E-state index is 0.116. The summed E-state index contributed by atoms with van der Waals surface area (Å²) in [4.78, 5) is 12.1. The topological polar surface area (TPSA) is 67.2 Å². The summed E-state index contributed by atoms with van der Waals surface area (Å²) in [6, 6.07) is 4.08. The summed E-state index contributed by atoms with van der Waals surface area (Å²) in [6.45, 7) is 1.43. The third kappa shape index (κ3) is 3.27. The van der Waals surface area contributed by atoms with Gasteiger partial charge in [0.1, 0.15) is 12.4 Å². The number of carbonyl (C=O) groups is 1. The molecule has 21 heavy (non-hydrogen) atoms. The highest BCUT2D eigenvalue weighted by atomic mass is 19.1. The summed E-state index contributed by atoms with van der Waals surface area (Å²) in [5.74, 6) is 4.02. The van der Waals surface area contributed by atoms with Crippen molar-refractivity contribution >= 4 is 11.6 Å². The summed E-state index contributed by atoms with van der Waals surface area (Å²) in [5.41, 5.74) is 1.72. The summed E-state index contributed by atoms with van der Waals surface area (Å²) >= 11 is 0. The predicted octanol–water partition coefficient (Wildman–Crippen LogP) is 1.46. The number of hydrogen-bond acceptors (Lipinski definition) is 3. The van der Waals surface area contributed by atoms with E-state index in [0.717, 1.165) is 5.69 Å². The van der Waals surface area contributed by atoms with Crippen LogP contribution in [-0.4, -0.2) is 27.4 Å². The van der Waals surface area contributed by atoms with Gasteiger partial charge in [-0.3, -0.25) is 9.48 Å². The van der Waals surface area contributed by atoms with Crippen molar-refractivity contribution in [3.05, 3.63) is 47.0 Å². The molecule has 6 heteroatoms. The molecule has 2 aromatic rings.